The minimum absolute atomic E-state index is 0.116. The molecule has 0 unspecified atom stereocenters. The molecule has 0 bridgehead atoms. The van der Waals surface area contributed by atoms with Crippen molar-refractivity contribution in [3.05, 3.63) is 48.3 Å². The Hall–Kier alpha value is -3.29. The second-order valence-corrected chi connectivity index (χ2v) is 6.16. The van der Waals surface area contributed by atoms with Crippen LogP contribution in [0.4, 0.5) is 5.69 Å². The first kappa shape index (κ1) is 22.0. The fraction of sp³-hybridized carbons (Fsp3) is 0.381. The quantitative estimate of drug-likeness (QED) is 0.322. The Balaban J connectivity index is 1.71. The number of anilines is 1. The van der Waals surface area contributed by atoms with Gasteiger partial charge in [-0.25, -0.2) is 0 Å². The number of carbonyl (C=O) groups is 1. The highest BCUT2D eigenvalue weighted by molar-refractivity contribution is 5.94. The van der Waals surface area contributed by atoms with Gasteiger partial charge < -0.3 is 25.4 Å². The number of rotatable bonds is 10. The zero-order valence-electron chi connectivity index (χ0n) is 17.2. The maximum atomic E-state index is 12.0. The van der Waals surface area contributed by atoms with Crippen molar-refractivity contribution in [2.24, 2.45) is 4.99 Å². The molecular formula is C21H29N5O3. The first-order chi connectivity index (χ1) is 14.2. The average Bonchev–Trinajstić information content (AvgIpc) is 2.74. The summed E-state index contributed by atoms with van der Waals surface area (Å²) in [5.74, 6) is 1.92. The second kappa shape index (κ2) is 12.2. The predicted octanol–water partition coefficient (Wildman–Crippen LogP) is 2.23. The van der Waals surface area contributed by atoms with E-state index in [0.29, 0.717) is 18.3 Å². The normalized spacial score (nSPS) is 10.9. The average molecular weight is 399 g/mol. The number of guanidine groups is 1. The summed E-state index contributed by atoms with van der Waals surface area (Å²) in [7, 11) is 3.31. The lowest BCUT2D eigenvalue weighted by atomic mass is 10.1. The number of hydrogen-bond acceptors (Lipinski definition) is 5. The van der Waals surface area contributed by atoms with E-state index >= 15 is 0 Å². The van der Waals surface area contributed by atoms with Gasteiger partial charge >= 0.3 is 0 Å². The van der Waals surface area contributed by atoms with Gasteiger partial charge in [-0.3, -0.25) is 14.8 Å². The molecule has 3 N–H and O–H groups in total. The van der Waals surface area contributed by atoms with Crippen molar-refractivity contribution in [1.82, 2.24) is 15.6 Å². The number of aliphatic imine (C=N–C) groups is 1. The minimum Gasteiger partial charge on any atom is -0.493 e. The number of nitrogens with zero attached hydrogens (tertiary/aromatic N) is 2. The van der Waals surface area contributed by atoms with Crippen LogP contribution in [0.2, 0.25) is 0 Å². The Bertz CT molecular complexity index is 796. The Kier molecular flexibility index (Phi) is 9.28. The number of benzene rings is 1. The summed E-state index contributed by atoms with van der Waals surface area (Å²) >= 11 is 0. The van der Waals surface area contributed by atoms with Gasteiger partial charge in [0.1, 0.15) is 0 Å². The second-order valence-electron chi connectivity index (χ2n) is 6.16. The van der Waals surface area contributed by atoms with Gasteiger partial charge in [-0.1, -0.05) is 6.07 Å². The largest absolute Gasteiger partial charge is 0.493 e. The van der Waals surface area contributed by atoms with E-state index in [-0.39, 0.29) is 12.5 Å². The number of methoxy groups -OCH3 is 1. The van der Waals surface area contributed by atoms with Crippen LogP contribution in [0.3, 0.4) is 0 Å². The summed E-state index contributed by atoms with van der Waals surface area (Å²) in [6, 6.07) is 9.53. The maximum absolute atomic E-state index is 12.0. The molecule has 0 aliphatic heterocycles. The highest BCUT2D eigenvalue weighted by Gasteiger charge is 2.06. The van der Waals surface area contributed by atoms with Crippen molar-refractivity contribution < 1.29 is 14.3 Å². The summed E-state index contributed by atoms with van der Waals surface area (Å²) < 4.78 is 10.9. The number of nitrogens with one attached hydrogen (secondary N) is 3. The number of pyridine rings is 1. The van der Waals surface area contributed by atoms with Crippen molar-refractivity contribution >= 4 is 17.6 Å². The molecule has 0 atom stereocenters. The van der Waals surface area contributed by atoms with Crippen molar-refractivity contribution in [1.29, 1.82) is 0 Å². The SMILES string of the molecule is CCOc1cc(CCCNC(=NC)NCC(=O)Nc2cccnc2)ccc1OC. The molecule has 1 heterocycles. The van der Waals surface area contributed by atoms with Crippen LogP contribution >= 0.6 is 0 Å². The highest BCUT2D eigenvalue weighted by atomic mass is 16.5. The van der Waals surface area contributed by atoms with Gasteiger partial charge in [-0.15, -0.1) is 0 Å². The van der Waals surface area contributed by atoms with Gasteiger partial charge in [-0.05, 0) is 49.6 Å². The van der Waals surface area contributed by atoms with Gasteiger partial charge in [0.05, 0.1) is 32.1 Å². The molecule has 29 heavy (non-hydrogen) atoms. The Morgan fingerprint density at radius 3 is 2.76 bits per heavy atom. The number of aryl methyl sites for hydroxylation is 1. The van der Waals surface area contributed by atoms with Crippen molar-refractivity contribution in [2.45, 2.75) is 19.8 Å². The van der Waals surface area contributed by atoms with E-state index in [1.165, 1.54) is 5.56 Å². The van der Waals surface area contributed by atoms with Crippen LogP contribution in [0.25, 0.3) is 0 Å². The topological polar surface area (TPSA) is 96.9 Å². The number of amides is 1. The molecular weight excluding hydrogens is 370 g/mol. The summed E-state index contributed by atoms with van der Waals surface area (Å²) in [5.41, 5.74) is 1.84. The summed E-state index contributed by atoms with van der Waals surface area (Å²) in [5, 5.41) is 8.98. The van der Waals surface area contributed by atoms with Crippen LogP contribution in [0.5, 0.6) is 11.5 Å². The minimum atomic E-state index is -0.164. The molecule has 2 rings (SSSR count). The smallest absolute Gasteiger partial charge is 0.243 e. The molecule has 156 valence electrons. The standard InChI is InChI=1S/C21H29N5O3/c1-4-29-19-13-16(9-10-18(19)28-3)7-5-12-24-21(22-2)25-15-20(27)26-17-8-6-11-23-14-17/h6,8-11,13-14H,4-5,7,12,15H2,1-3H3,(H,26,27)(H2,22,24,25). The third kappa shape index (κ3) is 7.69. The first-order valence-electron chi connectivity index (χ1n) is 9.60. The molecule has 0 fully saturated rings. The molecule has 8 heteroatoms. The van der Waals surface area contributed by atoms with Gasteiger partial charge in [0.15, 0.2) is 17.5 Å². The number of hydrogen-bond donors (Lipinski definition) is 3. The van der Waals surface area contributed by atoms with Gasteiger partial charge in [0.2, 0.25) is 5.91 Å². The highest BCUT2D eigenvalue weighted by Crippen LogP contribution is 2.28. The lowest BCUT2D eigenvalue weighted by molar-refractivity contribution is -0.115. The molecule has 0 aliphatic carbocycles. The van der Waals surface area contributed by atoms with E-state index in [2.05, 4.69) is 25.9 Å². The maximum Gasteiger partial charge on any atom is 0.243 e. The molecule has 8 nitrogen and oxygen atoms in total. The molecule has 1 aromatic heterocycles. The van der Waals surface area contributed by atoms with Gasteiger partial charge in [-0.2, -0.15) is 0 Å². The Morgan fingerprint density at radius 1 is 1.21 bits per heavy atom. The van der Waals surface area contributed by atoms with E-state index < -0.39 is 0 Å². The van der Waals surface area contributed by atoms with E-state index in [0.717, 1.165) is 30.9 Å². The molecule has 1 aromatic carbocycles. The number of carbonyl (C=O) groups excluding carboxylic acids is 1. The Labute approximate surface area is 171 Å². The molecule has 0 spiro atoms. The molecule has 0 radical (unpaired) electrons. The lowest BCUT2D eigenvalue weighted by Gasteiger charge is -2.13. The fourth-order valence-electron chi connectivity index (χ4n) is 2.67. The van der Waals surface area contributed by atoms with Crippen LogP contribution in [0.15, 0.2) is 47.7 Å². The third-order valence-electron chi connectivity index (χ3n) is 4.05. The molecule has 0 aliphatic rings. The van der Waals surface area contributed by atoms with Crippen LogP contribution in [0, 0.1) is 0 Å². The summed E-state index contributed by atoms with van der Waals surface area (Å²) in [6.07, 6.45) is 5.04. The molecule has 2 aromatic rings. The zero-order valence-corrected chi connectivity index (χ0v) is 17.2. The predicted molar refractivity (Wildman–Crippen MR) is 115 cm³/mol. The van der Waals surface area contributed by atoms with Crippen molar-refractivity contribution in [3.63, 3.8) is 0 Å². The van der Waals surface area contributed by atoms with E-state index in [1.54, 1.807) is 38.7 Å². The van der Waals surface area contributed by atoms with Crippen LogP contribution < -0.4 is 25.4 Å². The lowest BCUT2D eigenvalue weighted by Crippen LogP contribution is -2.41. The van der Waals surface area contributed by atoms with Crippen LogP contribution in [-0.2, 0) is 11.2 Å². The molecule has 0 saturated heterocycles. The van der Waals surface area contributed by atoms with E-state index in [4.69, 9.17) is 9.47 Å². The number of aromatic nitrogens is 1. The summed E-state index contributed by atoms with van der Waals surface area (Å²) in [4.78, 5) is 20.1. The third-order valence-corrected chi connectivity index (χ3v) is 4.05. The van der Waals surface area contributed by atoms with E-state index in [9.17, 15) is 4.79 Å². The fourth-order valence-corrected chi connectivity index (χ4v) is 2.67. The van der Waals surface area contributed by atoms with E-state index in [1.807, 2.05) is 25.1 Å². The zero-order chi connectivity index (χ0) is 20.9. The summed E-state index contributed by atoms with van der Waals surface area (Å²) in [6.45, 7) is 3.38. The van der Waals surface area contributed by atoms with Gasteiger partial charge in [0.25, 0.3) is 0 Å². The van der Waals surface area contributed by atoms with Crippen molar-refractivity contribution in [2.75, 3.05) is 39.2 Å². The monoisotopic (exact) mass is 399 g/mol. The molecule has 0 saturated carbocycles. The van der Waals surface area contributed by atoms with Crippen LogP contribution in [0.1, 0.15) is 18.9 Å². The van der Waals surface area contributed by atoms with Gasteiger partial charge in [0, 0.05) is 19.8 Å². The molecule has 1 amide bonds. The number of ether oxygens (including phenoxy) is 2. The van der Waals surface area contributed by atoms with Crippen LogP contribution in [-0.4, -0.2) is 50.7 Å². The Morgan fingerprint density at radius 2 is 2.07 bits per heavy atom. The first-order valence-corrected chi connectivity index (χ1v) is 9.60. The van der Waals surface area contributed by atoms with Crippen molar-refractivity contribution in [3.8, 4) is 11.5 Å².